The van der Waals surface area contributed by atoms with Crippen LogP contribution in [0.5, 0.6) is 0 Å². The summed E-state index contributed by atoms with van der Waals surface area (Å²) in [5.74, 6) is -0.338. The van der Waals surface area contributed by atoms with Crippen molar-refractivity contribution in [3.8, 4) is 0 Å². The maximum atomic E-state index is 12.8. The summed E-state index contributed by atoms with van der Waals surface area (Å²) >= 11 is 0. The van der Waals surface area contributed by atoms with Gasteiger partial charge in [-0.15, -0.1) is 0 Å². The number of hydrogen-bond donors (Lipinski definition) is 1. The van der Waals surface area contributed by atoms with E-state index in [9.17, 15) is 9.59 Å². The van der Waals surface area contributed by atoms with E-state index in [-0.39, 0.29) is 11.8 Å². The highest BCUT2D eigenvalue weighted by atomic mass is 16.2. The molecule has 2 amide bonds. The van der Waals surface area contributed by atoms with E-state index in [1.54, 1.807) is 11.1 Å². The molecular weight excluding hydrogens is 288 g/mol. The second-order valence-corrected chi connectivity index (χ2v) is 5.52. The van der Waals surface area contributed by atoms with E-state index in [2.05, 4.69) is 5.32 Å². The molecule has 4 heteroatoms. The van der Waals surface area contributed by atoms with E-state index in [4.69, 9.17) is 0 Å². The van der Waals surface area contributed by atoms with Crippen molar-refractivity contribution in [3.05, 3.63) is 84.1 Å². The van der Waals surface area contributed by atoms with Crippen LogP contribution in [0.25, 0.3) is 0 Å². The van der Waals surface area contributed by atoms with E-state index in [0.717, 1.165) is 11.1 Å². The normalized spacial score (nSPS) is 17.7. The number of carbonyl (C=O) groups excluding carboxylic acids is 2. The van der Waals surface area contributed by atoms with Crippen LogP contribution in [0, 0.1) is 0 Å². The molecule has 1 atom stereocenters. The Morgan fingerprint density at radius 1 is 0.870 bits per heavy atom. The van der Waals surface area contributed by atoms with Crippen molar-refractivity contribution in [1.29, 1.82) is 0 Å². The number of nitrogens with zero attached hydrogens (tertiary/aromatic N) is 1. The van der Waals surface area contributed by atoms with E-state index < -0.39 is 6.04 Å². The number of rotatable bonds is 4. The fourth-order valence-corrected chi connectivity index (χ4v) is 2.61. The van der Waals surface area contributed by atoms with Gasteiger partial charge in [0.05, 0.1) is 6.54 Å². The second-order valence-electron chi connectivity index (χ2n) is 5.52. The molecule has 0 saturated heterocycles. The lowest BCUT2D eigenvalue weighted by Crippen LogP contribution is -2.45. The number of hydrogen-bond acceptors (Lipinski definition) is 2. The van der Waals surface area contributed by atoms with Gasteiger partial charge in [0.15, 0.2) is 0 Å². The highest BCUT2D eigenvalue weighted by Gasteiger charge is 2.27. The van der Waals surface area contributed by atoms with Crippen LogP contribution >= 0.6 is 0 Å². The minimum absolute atomic E-state index is 0.0974. The van der Waals surface area contributed by atoms with E-state index >= 15 is 0 Å². The Balaban J connectivity index is 1.78. The first-order valence-electron chi connectivity index (χ1n) is 7.59. The van der Waals surface area contributed by atoms with Crippen molar-refractivity contribution in [2.45, 2.75) is 19.0 Å². The van der Waals surface area contributed by atoms with Gasteiger partial charge in [0.25, 0.3) is 0 Å². The molecule has 0 bridgehead atoms. The zero-order valence-corrected chi connectivity index (χ0v) is 12.7. The van der Waals surface area contributed by atoms with Gasteiger partial charge in [-0.3, -0.25) is 9.59 Å². The predicted molar refractivity (Wildman–Crippen MR) is 88.2 cm³/mol. The van der Waals surface area contributed by atoms with Crippen molar-refractivity contribution in [1.82, 2.24) is 10.2 Å². The first-order valence-corrected chi connectivity index (χ1v) is 7.59. The van der Waals surface area contributed by atoms with E-state index in [1.807, 2.05) is 60.7 Å². The van der Waals surface area contributed by atoms with Crippen LogP contribution in [0.4, 0.5) is 0 Å². The molecule has 0 radical (unpaired) electrons. The average Bonchev–Trinajstić information content (AvgIpc) is 2.70. The van der Waals surface area contributed by atoms with Crippen LogP contribution in [-0.2, 0) is 22.6 Å². The first kappa shape index (κ1) is 15.0. The third-order valence-electron chi connectivity index (χ3n) is 3.78. The molecule has 0 unspecified atom stereocenters. The number of benzene rings is 2. The fourth-order valence-electron chi connectivity index (χ4n) is 2.61. The van der Waals surface area contributed by atoms with Crippen molar-refractivity contribution in [2.24, 2.45) is 0 Å². The molecule has 2 aromatic rings. The Hall–Kier alpha value is -2.88. The minimum Gasteiger partial charge on any atom is -0.340 e. The van der Waals surface area contributed by atoms with Crippen LogP contribution in [0.2, 0.25) is 0 Å². The Bertz CT molecular complexity index is 711. The number of nitrogens with one attached hydrogen (secondary N) is 1. The molecular formula is C19H18N2O2. The number of amides is 2. The summed E-state index contributed by atoms with van der Waals surface area (Å²) in [6.07, 6.45) is 3.46. The van der Waals surface area contributed by atoms with Gasteiger partial charge in [0, 0.05) is 18.7 Å². The van der Waals surface area contributed by atoms with Gasteiger partial charge in [0.1, 0.15) is 6.04 Å². The Kier molecular flexibility index (Phi) is 4.52. The van der Waals surface area contributed by atoms with Gasteiger partial charge in [-0.05, 0) is 11.1 Å². The molecule has 2 aromatic carbocycles. The highest BCUT2D eigenvalue weighted by molar-refractivity contribution is 5.95. The predicted octanol–water partition coefficient (Wildman–Crippen LogP) is 2.27. The fraction of sp³-hybridized carbons (Fsp3) is 0.158. The maximum Gasteiger partial charge on any atom is 0.249 e. The summed E-state index contributed by atoms with van der Waals surface area (Å²) in [6.45, 7) is 0.455. The summed E-state index contributed by atoms with van der Waals surface area (Å²) in [5.41, 5.74) is 2.05. The molecule has 3 rings (SSSR count). The number of carbonyl (C=O) groups is 2. The Labute approximate surface area is 135 Å². The standard InChI is InChI=1S/C19H18N2O2/c22-18-11-12-21(14-16-9-5-2-6-10-16)19(23)17(20-18)13-15-7-3-1-4-8-15/h1-12,17H,13-14H2,(H,20,22)/t17-/m1/s1. The molecule has 4 nitrogen and oxygen atoms in total. The molecule has 1 aliphatic heterocycles. The maximum absolute atomic E-state index is 12.8. The smallest absolute Gasteiger partial charge is 0.249 e. The molecule has 23 heavy (non-hydrogen) atoms. The molecule has 0 spiro atoms. The van der Waals surface area contributed by atoms with Crippen LogP contribution in [0.15, 0.2) is 72.9 Å². The van der Waals surface area contributed by atoms with Gasteiger partial charge < -0.3 is 10.2 Å². The van der Waals surface area contributed by atoms with Crippen LogP contribution < -0.4 is 5.32 Å². The summed E-state index contributed by atoms with van der Waals surface area (Å²) in [7, 11) is 0. The molecule has 116 valence electrons. The highest BCUT2D eigenvalue weighted by Crippen LogP contribution is 2.12. The molecule has 0 aromatic heterocycles. The summed E-state index contributed by atoms with van der Waals surface area (Å²) in [5, 5.41) is 2.78. The molecule has 0 aliphatic carbocycles. The average molecular weight is 306 g/mol. The lowest BCUT2D eigenvalue weighted by Gasteiger charge is -2.22. The zero-order chi connectivity index (χ0) is 16.1. The third-order valence-corrected chi connectivity index (χ3v) is 3.78. The Morgan fingerprint density at radius 3 is 2.13 bits per heavy atom. The van der Waals surface area contributed by atoms with Crippen molar-refractivity contribution >= 4 is 11.8 Å². The molecule has 1 heterocycles. The van der Waals surface area contributed by atoms with Crippen LogP contribution in [0.3, 0.4) is 0 Å². The van der Waals surface area contributed by atoms with E-state index in [0.29, 0.717) is 13.0 Å². The molecule has 1 aliphatic rings. The van der Waals surface area contributed by atoms with E-state index in [1.165, 1.54) is 6.08 Å². The van der Waals surface area contributed by atoms with Crippen molar-refractivity contribution in [3.63, 3.8) is 0 Å². The second kappa shape index (κ2) is 6.92. The topological polar surface area (TPSA) is 49.4 Å². The van der Waals surface area contributed by atoms with Crippen LogP contribution in [0.1, 0.15) is 11.1 Å². The van der Waals surface area contributed by atoms with Crippen LogP contribution in [-0.4, -0.2) is 22.8 Å². The summed E-state index contributed by atoms with van der Waals surface area (Å²) < 4.78 is 0. The molecule has 1 N–H and O–H groups in total. The van der Waals surface area contributed by atoms with Crippen molar-refractivity contribution in [2.75, 3.05) is 0 Å². The summed E-state index contributed by atoms with van der Waals surface area (Å²) in [6, 6.07) is 18.9. The van der Waals surface area contributed by atoms with Gasteiger partial charge >= 0.3 is 0 Å². The van der Waals surface area contributed by atoms with Crippen molar-refractivity contribution < 1.29 is 9.59 Å². The van der Waals surface area contributed by atoms with Gasteiger partial charge in [-0.25, -0.2) is 0 Å². The zero-order valence-electron chi connectivity index (χ0n) is 12.7. The first-order chi connectivity index (χ1) is 11.2. The molecule has 0 fully saturated rings. The lowest BCUT2D eigenvalue weighted by atomic mass is 10.0. The Morgan fingerprint density at radius 2 is 1.48 bits per heavy atom. The monoisotopic (exact) mass is 306 g/mol. The minimum atomic E-state index is -0.552. The SMILES string of the molecule is O=C1C=CN(Cc2ccccc2)C(=O)[C@@H](Cc2ccccc2)N1. The third kappa shape index (κ3) is 3.86. The quantitative estimate of drug-likeness (QED) is 0.942. The van der Waals surface area contributed by atoms with Gasteiger partial charge in [-0.1, -0.05) is 60.7 Å². The lowest BCUT2D eigenvalue weighted by molar-refractivity contribution is -0.132. The van der Waals surface area contributed by atoms with Gasteiger partial charge in [-0.2, -0.15) is 0 Å². The van der Waals surface area contributed by atoms with Gasteiger partial charge in [0.2, 0.25) is 11.8 Å². The summed E-state index contributed by atoms with van der Waals surface area (Å²) in [4.78, 5) is 26.2. The molecule has 0 saturated carbocycles. The largest absolute Gasteiger partial charge is 0.340 e.